The molecule has 2 aliphatic heterocycles. The topological polar surface area (TPSA) is 256 Å². The van der Waals surface area contributed by atoms with E-state index in [9.17, 15) is 19.0 Å². The number of H-pyrrole nitrogens is 1. The summed E-state index contributed by atoms with van der Waals surface area (Å²) in [6.45, 7) is -9.10. The van der Waals surface area contributed by atoms with Crippen LogP contribution >= 0.6 is 38.1 Å². The predicted octanol–water partition coefficient (Wildman–Crippen LogP) is 1.46. The number of hydrogen-bond donors (Lipinski definition) is 6. The van der Waals surface area contributed by atoms with E-state index in [0.29, 0.717) is 11.0 Å². The Kier molecular flexibility index (Phi) is 8.25. The monoisotopic (exact) mass is 717 g/mol. The van der Waals surface area contributed by atoms with E-state index in [1.165, 1.54) is 24.3 Å². The van der Waals surface area contributed by atoms with Crippen molar-refractivity contribution < 1.29 is 41.8 Å². The zero-order valence-electron chi connectivity index (χ0n) is 23.8. The molecule has 2 bridgehead atoms. The van der Waals surface area contributed by atoms with Gasteiger partial charge in [0.25, 0.3) is 5.56 Å². The lowest BCUT2D eigenvalue weighted by Crippen LogP contribution is -2.37. The molecule has 19 nitrogen and oxygen atoms in total. The summed E-state index contributed by atoms with van der Waals surface area (Å²) in [4.78, 5) is 31.4. The third kappa shape index (κ3) is 5.66. The quantitative estimate of drug-likeness (QED) is 0.129. The second-order valence-electron chi connectivity index (χ2n) is 11.0. The van der Waals surface area contributed by atoms with Crippen molar-refractivity contribution in [2.45, 2.75) is 49.2 Å². The van der Waals surface area contributed by atoms with E-state index >= 15 is 0 Å². The van der Waals surface area contributed by atoms with Crippen LogP contribution in [0, 0.1) is 5.92 Å². The normalized spacial score (nSPS) is 37.1. The van der Waals surface area contributed by atoms with Gasteiger partial charge >= 0.3 is 13.6 Å². The van der Waals surface area contributed by atoms with Crippen molar-refractivity contribution in [1.29, 1.82) is 0 Å². The number of aliphatic hydroxyl groups excluding tert-OH is 1. The van der Waals surface area contributed by atoms with Gasteiger partial charge in [-0.2, -0.15) is 4.98 Å². The maximum Gasteiger partial charge on any atom is 0.386 e. The smallest absolute Gasteiger partial charge is 0.386 e. The Hall–Kier alpha value is -2.55. The number of fused-ring (bicyclic) bond motifs is 5. The molecule has 0 aromatic carbocycles. The molecule has 0 radical (unpaired) electrons. The van der Waals surface area contributed by atoms with Crippen LogP contribution in [0.2, 0.25) is 0 Å². The Balaban J connectivity index is 1.22. The first-order valence-corrected chi connectivity index (χ1v) is 19.2. The van der Waals surface area contributed by atoms with Gasteiger partial charge in [0.05, 0.1) is 31.0 Å². The number of ether oxygens (including phenoxy) is 2. The minimum Gasteiger partial charge on any atom is -0.388 e. The highest BCUT2D eigenvalue weighted by atomic mass is 32.7. The van der Waals surface area contributed by atoms with Crippen LogP contribution in [0.15, 0.2) is 29.7 Å². The molecule has 6 N–H and O–H groups in total. The number of methoxy groups -OCH3 is 1. The number of aromatic nitrogens is 7. The number of thiol groups is 2. The average molecular weight is 718 g/mol. The summed E-state index contributed by atoms with van der Waals surface area (Å²) >= 11 is 8.42. The number of nitrogens with zero attached hydrogens (tertiary/aromatic N) is 6. The lowest BCUT2D eigenvalue weighted by Gasteiger charge is -2.27. The van der Waals surface area contributed by atoms with Crippen LogP contribution in [0.4, 0.5) is 11.8 Å². The number of aromatic amines is 1. The zero-order valence-corrected chi connectivity index (χ0v) is 27.4. The number of aliphatic hydroxyl groups is 1. The van der Waals surface area contributed by atoms with Crippen LogP contribution in [-0.2, 0) is 36.7 Å². The summed E-state index contributed by atoms with van der Waals surface area (Å²) in [5.74, 6) is -0.602. The average Bonchev–Trinajstić information content (AvgIpc) is 3.75. The SMILES string of the molecule is CO[C@H]1[C@H]2O[P@](=O)(S)OC[C@H]3C[C@@H](n4ccc5c(N)ncnc54)[C@H](O)[C@@H]3O[P@](=O)(S)OC[C@H]1O[C@H]2n1cnc2c(=O)[nH]c(N)nc21. The molecule has 6 heterocycles. The Morgan fingerprint density at radius 2 is 1.80 bits per heavy atom. The lowest BCUT2D eigenvalue weighted by molar-refractivity contribution is -0.0542. The Morgan fingerprint density at radius 1 is 1.07 bits per heavy atom. The number of hydrogen-bond acceptors (Lipinski definition) is 16. The minimum absolute atomic E-state index is 0.0387. The zero-order chi connectivity index (χ0) is 32.5. The van der Waals surface area contributed by atoms with Crippen molar-refractivity contribution in [3.8, 4) is 0 Å². The molecule has 3 aliphatic rings. The number of anilines is 2. The number of nitrogens with two attached hydrogens (primary N) is 2. The number of nitrogens with one attached hydrogen (secondary N) is 1. The molecule has 1 aliphatic carbocycles. The number of nitrogen functional groups attached to an aromatic ring is 2. The fraction of sp³-hybridized carbons (Fsp3) is 0.522. The van der Waals surface area contributed by atoms with E-state index in [1.807, 2.05) is 0 Å². The van der Waals surface area contributed by atoms with E-state index in [4.69, 9.17) is 39.0 Å². The Morgan fingerprint density at radius 3 is 2.57 bits per heavy atom. The molecule has 248 valence electrons. The second-order valence-corrected chi connectivity index (χ2v) is 16.7. The van der Waals surface area contributed by atoms with E-state index in [2.05, 4.69) is 49.4 Å². The van der Waals surface area contributed by atoms with Crippen LogP contribution in [0.3, 0.4) is 0 Å². The fourth-order valence-corrected chi connectivity index (χ4v) is 9.27. The molecule has 0 unspecified atom stereocenters. The number of rotatable bonds is 3. The molecular formula is C23H29N9O10P2S2. The lowest BCUT2D eigenvalue weighted by atomic mass is 10.1. The van der Waals surface area contributed by atoms with Gasteiger partial charge in [-0.15, -0.1) is 0 Å². The molecule has 0 spiro atoms. The Labute approximate surface area is 269 Å². The van der Waals surface area contributed by atoms with Crippen LogP contribution < -0.4 is 17.0 Å². The highest BCUT2D eigenvalue weighted by molar-refractivity contribution is 8.44. The van der Waals surface area contributed by atoms with Crippen LogP contribution in [-0.4, -0.2) is 90.0 Å². The van der Waals surface area contributed by atoms with Crippen molar-refractivity contribution in [2.75, 3.05) is 31.8 Å². The van der Waals surface area contributed by atoms with E-state index in [0.717, 1.165) is 0 Å². The van der Waals surface area contributed by atoms with Crippen molar-refractivity contribution in [2.24, 2.45) is 5.92 Å². The fourth-order valence-electron chi connectivity index (χ4n) is 6.25. The van der Waals surface area contributed by atoms with Crippen molar-refractivity contribution >= 4 is 72.1 Å². The third-order valence-corrected chi connectivity index (χ3v) is 11.5. The standard InChI is InChI=1S/C23H29N9O10P2S2/c1-37-16-12-6-39-44(36,46)41-15-9(4-11(14(15)33)31-3-2-10-18(24)26-7-27-19(10)31)5-38-43(35,45)42-17(16)22(40-12)32-8-28-13-20(32)29-23(25)30-21(13)34/h2-3,7-9,11-12,14-17,22,33H,4-6H2,1H3,(H,35,45)(H,36,46)(H2,24,26,27)(H3,25,29,30,34)/t9-,11-,12-,14+,15-,16-,17-,22-,43-,44-/m1/s1. The summed E-state index contributed by atoms with van der Waals surface area (Å²) in [6, 6.07) is 1.07. The molecule has 1 saturated carbocycles. The van der Waals surface area contributed by atoms with E-state index in [1.54, 1.807) is 16.8 Å². The highest BCUT2D eigenvalue weighted by Gasteiger charge is 2.53. The molecular weight excluding hydrogens is 688 g/mol. The Bertz CT molecular complexity index is 1960. The first-order chi connectivity index (χ1) is 21.9. The molecule has 2 saturated heterocycles. The van der Waals surface area contributed by atoms with Gasteiger partial charge in [-0.05, 0) is 12.5 Å². The molecule has 46 heavy (non-hydrogen) atoms. The van der Waals surface area contributed by atoms with Gasteiger partial charge in [0.15, 0.2) is 17.4 Å². The van der Waals surface area contributed by atoms with Crippen molar-refractivity contribution in [3.63, 3.8) is 0 Å². The second kappa shape index (κ2) is 11.9. The summed E-state index contributed by atoms with van der Waals surface area (Å²) in [5.41, 5.74) is 11.7. The molecule has 0 amide bonds. The van der Waals surface area contributed by atoms with Crippen LogP contribution in [0.1, 0.15) is 18.7 Å². The van der Waals surface area contributed by atoms with Gasteiger partial charge in [0, 0.05) is 19.2 Å². The molecule has 3 fully saturated rings. The van der Waals surface area contributed by atoms with Gasteiger partial charge in [-0.3, -0.25) is 27.9 Å². The number of imidazole rings is 1. The van der Waals surface area contributed by atoms with Crippen molar-refractivity contribution in [1.82, 2.24) is 34.1 Å². The molecule has 23 heteroatoms. The van der Waals surface area contributed by atoms with Crippen LogP contribution in [0.25, 0.3) is 22.2 Å². The van der Waals surface area contributed by atoms with E-state index in [-0.39, 0.29) is 36.0 Å². The summed E-state index contributed by atoms with van der Waals surface area (Å²) in [6.07, 6.45) is -2.27. The van der Waals surface area contributed by atoms with Gasteiger partial charge in [0.1, 0.15) is 48.3 Å². The summed E-state index contributed by atoms with van der Waals surface area (Å²) in [5, 5.41) is 12.0. The first-order valence-electron chi connectivity index (χ1n) is 13.8. The van der Waals surface area contributed by atoms with Crippen molar-refractivity contribution in [3.05, 3.63) is 35.3 Å². The maximum absolute atomic E-state index is 13.8. The predicted molar refractivity (Wildman–Crippen MR) is 167 cm³/mol. The maximum atomic E-state index is 13.8. The molecule has 4 aromatic rings. The third-order valence-electron chi connectivity index (χ3n) is 8.28. The summed E-state index contributed by atoms with van der Waals surface area (Å²) in [7, 11) is 1.36. The van der Waals surface area contributed by atoms with E-state index < -0.39 is 74.5 Å². The molecule has 7 rings (SSSR count). The van der Waals surface area contributed by atoms with Gasteiger partial charge < -0.3 is 35.1 Å². The van der Waals surface area contributed by atoms with Gasteiger partial charge in [0.2, 0.25) is 5.95 Å². The molecule has 4 aromatic heterocycles. The van der Waals surface area contributed by atoms with Gasteiger partial charge in [-0.25, -0.2) is 24.1 Å². The minimum atomic E-state index is -4.22. The first kappa shape index (κ1) is 32.0. The van der Waals surface area contributed by atoms with Gasteiger partial charge in [-0.1, -0.05) is 24.5 Å². The largest absolute Gasteiger partial charge is 0.388 e. The summed E-state index contributed by atoms with van der Waals surface area (Å²) < 4.78 is 65.5. The van der Waals surface area contributed by atoms with Crippen LogP contribution in [0.5, 0.6) is 0 Å². The molecule has 10 atom stereocenters. The highest BCUT2D eigenvalue weighted by Crippen LogP contribution is 2.61.